The van der Waals surface area contributed by atoms with E-state index in [1.165, 1.54) is 49.7 Å². The molecule has 0 N–H and O–H groups in total. The van der Waals surface area contributed by atoms with Crippen LogP contribution in [0.5, 0.6) is 0 Å². The highest BCUT2D eigenvalue weighted by atomic mass is 16.1. The van der Waals surface area contributed by atoms with Crippen LogP contribution in [0.25, 0.3) is 0 Å². The molecule has 23 heavy (non-hydrogen) atoms. The Morgan fingerprint density at radius 1 is 0.652 bits per heavy atom. The zero-order valence-corrected chi connectivity index (χ0v) is 16.7. The van der Waals surface area contributed by atoms with Gasteiger partial charge in [0.25, 0.3) is 0 Å². The summed E-state index contributed by atoms with van der Waals surface area (Å²) in [6.45, 7) is 18.9. The van der Waals surface area contributed by atoms with E-state index in [-0.39, 0.29) is 27.1 Å². The van der Waals surface area contributed by atoms with E-state index in [1.807, 2.05) is 0 Å². The molecule has 3 aliphatic carbocycles. The van der Waals surface area contributed by atoms with Crippen LogP contribution in [-0.4, -0.2) is 5.78 Å². The minimum absolute atomic E-state index is 0.0950. The number of ketones is 1. The second kappa shape index (κ2) is 4.52. The average Bonchev–Trinajstić information content (AvgIpc) is 2.92. The summed E-state index contributed by atoms with van der Waals surface area (Å²) in [5.41, 5.74) is 3.08. The third-order valence-electron chi connectivity index (χ3n) is 7.72. The molecule has 0 unspecified atom stereocenters. The molecular weight excluding hydrogens is 280 g/mol. The summed E-state index contributed by atoms with van der Waals surface area (Å²) in [5.74, 6) is 0.491. The zero-order chi connectivity index (χ0) is 17.5. The molecule has 1 nitrogen and oxygen atoms in total. The van der Waals surface area contributed by atoms with Crippen molar-refractivity contribution >= 4 is 5.78 Å². The van der Waals surface area contributed by atoms with Gasteiger partial charge in [0.15, 0.2) is 5.78 Å². The first-order valence-electron chi connectivity index (χ1n) is 9.62. The molecule has 3 saturated carbocycles. The van der Waals surface area contributed by atoms with Crippen molar-refractivity contribution in [2.75, 3.05) is 0 Å². The van der Waals surface area contributed by atoms with Crippen LogP contribution in [0.15, 0.2) is 11.1 Å². The molecule has 0 saturated heterocycles. The van der Waals surface area contributed by atoms with Gasteiger partial charge in [-0.15, -0.1) is 0 Å². The largest absolute Gasteiger partial charge is 0.293 e. The summed E-state index contributed by atoms with van der Waals surface area (Å²) >= 11 is 0. The second-order valence-corrected chi connectivity index (χ2v) is 11.1. The van der Waals surface area contributed by atoms with Gasteiger partial charge in [-0.25, -0.2) is 0 Å². The summed E-state index contributed by atoms with van der Waals surface area (Å²) in [4.78, 5) is 13.4. The summed E-state index contributed by atoms with van der Waals surface area (Å²) in [6.07, 6.45) is 7.34. The SMILES string of the molecule is CC1(C)CCCC(C)(C)C1=C1C(=O)C12C(C)(C)CCCC2(C)C. The normalized spacial score (nSPS) is 33.0. The third-order valence-corrected chi connectivity index (χ3v) is 7.72. The van der Waals surface area contributed by atoms with Crippen molar-refractivity contribution < 1.29 is 4.79 Å². The molecule has 0 aromatic heterocycles. The predicted octanol–water partition coefficient (Wildman–Crippen LogP) is 6.32. The fourth-order valence-electron chi connectivity index (χ4n) is 6.93. The number of hydrogen-bond acceptors (Lipinski definition) is 1. The Balaban J connectivity index is 2.26. The summed E-state index contributed by atoms with van der Waals surface area (Å²) in [7, 11) is 0. The smallest absolute Gasteiger partial charge is 0.171 e. The maximum atomic E-state index is 13.4. The van der Waals surface area contributed by atoms with Crippen LogP contribution in [0.1, 0.15) is 93.9 Å². The first-order valence-corrected chi connectivity index (χ1v) is 9.62. The van der Waals surface area contributed by atoms with E-state index >= 15 is 0 Å². The molecule has 0 aromatic carbocycles. The van der Waals surface area contributed by atoms with Gasteiger partial charge in [0.05, 0.1) is 5.41 Å². The van der Waals surface area contributed by atoms with Gasteiger partial charge in [-0.1, -0.05) is 73.8 Å². The number of allylic oxidation sites excluding steroid dienone is 2. The predicted molar refractivity (Wildman–Crippen MR) is 97.3 cm³/mol. The molecule has 0 amide bonds. The minimum atomic E-state index is -0.195. The Kier molecular flexibility index (Phi) is 3.39. The van der Waals surface area contributed by atoms with Gasteiger partial charge in [0.2, 0.25) is 0 Å². The van der Waals surface area contributed by atoms with Crippen LogP contribution in [0.3, 0.4) is 0 Å². The summed E-state index contributed by atoms with van der Waals surface area (Å²) < 4.78 is 0. The molecule has 0 atom stereocenters. The molecule has 3 fully saturated rings. The van der Waals surface area contributed by atoms with Crippen LogP contribution in [-0.2, 0) is 4.79 Å². The Hall–Kier alpha value is -0.590. The highest BCUT2D eigenvalue weighted by Crippen LogP contribution is 2.76. The van der Waals surface area contributed by atoms with Crippen molar-refractivity contribution in [3.8, 4) is 0 Å². The van der Waals surface area contributed by atoms with Crippen LogP contribution in [0.2, 0.25) is 0 Å². The van der Waals surface area contributed by atoms with E-state index in [1.54, 1.807) is 0 Å². The fraction of sp³-hybridized carbons (Fsp3) is 0.864. The molecule has 130 valence electrons. The second-order valence-electron chi connectivity index (χ2n) is 11.1. The van der Waals surface area contributed by atoms with Crippen molar-refractivity contribution in [2.45, 2.75) is 93.9 Å². The van der Waals surface area contributed by atoms with Crippen LogP contribution >= 0.6 is 0 Å². The first kappa shape index (κ1) is 17.2. The van der Waals surface area contributed by atoms with Crippen molar-refractivity contribution in [3.63, 3.8) is 0 Å². The quantitative estimate of drug-likeness (QED) is 0.478. The van der Waals surface area contributed by atoms with Crippen molar-refractivity contribution in [2.24, 2.45) is 27.1 Å². The van der Waals surface area contributed by atoms with Crippen LogP contribution < -0.4 is 0 Å². The highest BCUT2D eigenvalue weighted by Gasteiger charge is 2.76. The molecule has 3 aliphatic rings. The number of carbonyl (C=O) groups excluding carboxylic acids is 1. The molecule has 1 spiro atoms. The number of hydrogen-bond donors (Lipinski definition) is 0. The van der Waals surface area contributed by atoms with Crippen molar-refractivity contribution in [3.05, 3.63) is 11.1 Å². The standard InChI is InChI=1S/C22H36O/c1-18(2)11-9-12-19(3,4)16(18)15-17(23)22(15)20(5,6)13-10-14-21(22,7)8/h9-14H2,1-8H3. The molecule has 0 bridgehead atoms. The van der Waals surface area contributed by atoms with Gasteiger partial charge in [-0.05, 0) is 47.3 Å². The first-order chi connectivity index (χ1) is 10.3. The lowest BCUT2D eigenvalue weighted by molar-refractivity contribution is -0.122. The van der Waals surface area contributed by atoms with Gasteiger partial charge in [0.1, 0.15) is 0 Å². The van der Waals surface area contributed by atoms with Crippen molar-refractivity contribution in [1.29, 1.82) is 0 Å². The minimum Gasteiger partial charge on any atom is -0.293 e. The van der Waals surface area contributed by atoms with Gasteiger partial charge in [-0.2, -0.15) is 0 Å². The Morgan fingerprint density at radius 3 is 1.48 bits per heavy atom. The monoisotopic (exact) mass is 316 g/mol. The summed E-state index contributed by atoms with van der Waals surface area (Å²) in [6, 6.07) is 0. The highest BCUT2D eigenvalue weighted by molar-refractivity contribution is 6.23. The van der Waals surface area contributed by atoms with E-state index < -0.39 is 0 Å². The zero-order valence-electron chi connectivity index (χ0n) is 16.7. The van der Waals surface area contributed by atoms with Crippen molar-refractivity contribution in [1.82, 2.24) is 0 Å². The van der Waals surface area contributed by atoms with E-state index in [9.17, 15) is 4.79 Å². The van der Waals surface area contributed by atoms with Gasteiger partial charge < -0.3 is 0 Å². The number of carbonyl (C=O) groups is 1. The maximum Gasteiger partial charge on any atom is 0.171 e. The molecule has 0 heterocycles. The lowest BCUT2D eigenvalue weighted by Gasteiger charge is -2.50. The Bertz CT molecular complexity index is 549. The molecule has 1 heteroatoms. The topological polar surface area (TPSA) is 17.1 Å². The van der Waals surface area contributed by atoms with Crippen LogP contribution in [0.4, 0.5) is 0 Å². The van der Waals surface area contributed by atoms with Gasteiger partial charge >= 0.3 is 0 Å². The summed E-state index contributed by atoms with van der Waals surface area (Å²) in [5, 5.41) is 0. The van der Waals surface area contributed by atoms with Gasteiger partial charge in [-0.3, -0.25) is 4.79 Å². The molecular formula is C22H36O. The van der Waals surface area contributed by atoms with Gasteiger partial charge in [0, 0.05) is 5.57 Å². The van der Waals surface area contributed by atoms with E-state index in [0.717, 1.165) is 0 Å². The average molecular weight is 317 g/mol. The van der Waals surface area contributed by atoms with E-state index in [4.69, 9.17) is 0 Å². The molecule has 0 aliphatic heterocycles. The molecule has 0 aromatic rings. The number of rotatable bonds is 0. The number of Topliss-reactive ketones (excluding diaryl/α,β-unsaturated/α-hetero) is 1. The van der Waals surface area contributed by atoms with Crippen LogP contribution in [0, 0.1) is 27.1 Å². The Labute approximate surface area is 143 Å². The molecule has 3 rings (SSSR count). The molecule has 0 radical (unpaired) electrons. The lowest BCUT2D eigenvalue weighted by Crippen LogP contribution is -2.45. The Morgan fingerprint density at radius 2 is 1.04 bits per heavy atom. The third kappa shape index (κ3) is 2.01. The van der Waals surface area contributed by atoms with E-state index in [2.05, 4.69) is 55.4 Å². The lowest BCUT2D eigenvalue weighted by atomic mass is 9.52. The fourth-order valence-corrected chi connectivity index (χ4v) is 6.93. The van der Waals surface area contributed by atoms with E-state index in [0.29, 0.717) is 5.78 Å². The maximum absolute atomic E-state index is 13.4.